The summed E-state index contributed by atoms with van der Waals surface area (Å²) in [6.07, 6.45) is 4.45. The van der Waals surface area contributed by atoms with Crippen molar-refractivity contribution in [3.8, 4) is 0 Å². The molecule has 0 unspecified atom stereocenters. The van der Waals surface area contributed by atoms with Crippen LogP contribution in [0.3, 0.4) is 0 Å². The van der Waals surface area contributed by atoms with Crippen molar-refractivity contribution >= 4 is 23.2 Å². The van der Waals surface area contributed by atoms with Crippen LogP contribution in [0.15, 0.2) is 53.6 Å². The van der Waals surface area contributed by atoms with E-state index in [1.54, 1.807) is 35.2 Å². The molecule has 0 spiro atoms. The topological polar surface area (TPSA) is 103 Å². The third-order valence-corrected chi connectivity index (χ3v) is 6.80. The molecule has 2 aliphatic rings. The molecule has 4 rings (SSSR count). The van der Waals surface area contributed by atoms with Crippen molar-refractivity contribution in [2.75, 3.05) is 4.90 Å². The second-order valence-electron chi connectivity index (χ2n) is 8.94. The molecule has 1 heterocycles. The Balaban J connectivity index is 1.81. The van der Waals surface area contributed by atoms with Crippen LogP contribution in [-0.2, 0) is 11.3 Å². The molecule has 1 saturated carbocycles. The van der Waals surface area contributed by atoms with Crippen LogP contribution >= 0.6 is 0 Å². The van der Waals surface area contributed by atoms with Crippen molar-refractivity contribution < 1.29 is 14.4 Å². The highest BCUT2D eigenvalue weighted by Crippen LogP contribution is 2.45. The zero-order chi connectivity index (χ0) is 23.4. The summed E-state index contributed by atoms with van der Waals surface area (Å²) in [5.74, 6) is -0.586. The van der Waals surface area contributed by atoms with Crippen LogP contribution in [-0.4, -0.2) is 23.5 Å². The molecular formula is C26H28N4O3. The van der Waals surface area contributed by atoms with Gasteiger partial charge in [0.15, 0.2) is 5.78 Å². The number of hydrogen-bond donors (Lipinski definition) is 0. The minimum absolute atomic E-state index is 0.0103. The number of carbonyl (C=O) groups is 3. The summed E-state index contributed by atoms with van der Waals surface area (Å²) in [6, 6.07) is 13.8. The quantitative estimate of drug-likeness (QED) is 0.230. The van der Waals surface area contributed by atoms with E-state index in [0.29, 0.717) is 23.2 Å². The van der Waals surface area contributed by atoms with E-state index in [0.717, 1.165) is 31.2 Å². The second-order valence-corrected chi connectivity index (χ2v) is 8.94. The first kappa shape index (κ1) is 22.7. The van der Waals surface area contributed by atoms with Crippen molar-refractivity contribution in [1.29, 1.82) is 0 Å². The summed E-state index contributed by atoms with van der Waals surface area (Å²) >= 11 is 0. The first-order valence-electron chi connectivity index (χ1n) is 11.6. The Bertz CT molecular complexity index is 1110. The average molecular weight is 445 g/mol. The van der Waals surface area contributed by atoms with Gasteiger partial charge in [-0.25, -0.2) is 0 Å². The number of benzene rings is 2. The van der Waals surface area contributed by atoms with Gasteiger partial charge in [0.05, 0.1) is 18.3 Å². The van der Waals surface area contributed by atoms with E-state index in [2.05, 4.69) is 16.9 Å². The van der Waals surface area contributed by atoms with Crippen LogP contribution in [0.25, 0.3) is 10.4 Å². The molecule has 0 N–H and O–H groups in total. The van der Waals surface area contributed by atoms with Gasteiger partial charge in [-0.05, 0) is 47.7 Å². The number of anilines is 1. The molecule has 1 amide bonds. The van der Waals surface area contributed by atoms with E-state index in [1.807, 2.05) is 18.2 Å². The Labute approximate surface area is 193 Å². The van der Waals surface area contributed by atoms with E-state index in [4.69, 9.17) is 5.53 Å². The fraction of sp³-hybridized carbons (Fsp3) is 0.423. The highest BCUT2D eigenvalue weighted by atomic mass is 16.2. The largest absolute Gasteiger partial charge is 0.303 e. The predicted octanol–water partition coefficient (Wildman–Crippen LogP) is 5.88. The number of azide groups is 1. The second kappa shape index (κ2) is 10.0. The molecule has 33 heavy (non-hydrogen) atoms. The van der Waals surface area contributed by atoms with Crippen LogP contribution in [0.2, 0.25) is 0 Å². The Kier molecular flexibility index (Phi) is 6.90. The van der Waals surface area contributed by atoms with Crippen molar-refractivity contribution in [1.82, 2.24) is 0 Å². The van der Waals surface area contributed by atoms with Crippen LogP contribution in [0.1, 0.15) is 71.7 Å². The molecular weight excluding hydrogens is 416 g/mol. The van der Waals surface area contributed by atoms with Gasteiger partial charge in [0, 0.05) is 34.8 Å². The van der Waals surface area contributed by atoms with Crippen LogP contribution < -0.4 is 4.90 Å². The normalized spacial score (nSPS) is 21.7. The lowest BCUT2D eigenvalue weighted by molar-refractivity contribution is -0.122. The van der Waals surface area contributed by atoms with E-state index in [1.165, 1.54) is 0 Å². The lowest BCUT2D eigenvalue weighted by atomic mass is 9.67. The highest BCUT2D eigenvalue weighted by molar-refractivity contribution is 6.15. The van der Waals surface area contributed by atoms with E-state index in [9.17, 15) is 14.4 Å². The smallest absolute Gasteiger partial charge is 0.258 e. The number of amides is 1. The third-order valence-electron chi connectivity index (χ3n) is 6.80. The monoisotopic (exact) mass is 444 g/mol. The highest BCUT2D eigenvalue weighted by Gasteiger charge is 2.49. The fourth-order valence-corrected chi connectivity index (χ4v) is 5.30. The first-order chi connectivity index (χ1) is 16.0. The maximum absolute atomic E-state index is 13.8. The van der Waals surface area contributed by atoms with Gasteiger partial charge in [0.1, 0.15) is 5.78 Å². The summed E-state index contributed by atoms with van der Waals surface area (Å²) in [7, 11) is 0. The number of unbranched alkanes of at least 4 members (excludes halogenated alkanes) is 2. The average Bonchev–Trinajstić information content (AvgIpc) is 2.83. The van der Waals surface area contributed by atoms with Gasteiger partial charge >= 0.3 is 0 Å². The zero-order valence-corrected chi connectivity index (χ0v) is 18.8. The maximum atomic E-state index is 13.8. The molecule has 0 radical (unpaired) electrons. The Hall–Kier alpha value is -3.44. The number of carbonyl (C=O) groups excluding carboxylic acids is 3. The molecule has 7 nitrogen and oxygen atoms in total. The molecule has 0 bridgehead atoms. The SMILES string of the molecule is CCCCC[C@H]1CC(=O)C[C@@H]2[C@H]1C(=O)c1cc(CN=[N+]=[N-])ccc1N2C(=O)c1ccccc1. The maximum Gasteiger partial charge on any atom is 0.258 e. The molecule has 2 aromatic carbocycles. The molecule has 7 heteroatoms. The van der Waals surface area contributed by atoms with Crippen molar-refractivity contribution in [3.63, 3.8) is 0 Å². The number of ketones is 2. The number of fused-ring (bicyclic) bond motifs is 2. The molecule has 1 aliphatic carbocycles. The van der Waals surface area contributed by atoms with E-state index < -0.39 is 12.0 Å². The van der Waals surface area contributed by atoms with E-state index in [-0.39, 0.29) is 36.4 Å². The van der Waals surface area contributed by atoms with Crippen molar-refractivity contribution in [2.45, 2.75) is 58.0 Å². The minimum Gasteiger partial charge on any atom is -0.303 e. The summed E-state index contributed by atoms with van der Waals surface area (Å²) < 4.78 is 0. The molecule has 170 valence electrons. The third kappa shape index (κ3) is 4.55. The van der Waals surface area contributed by atoms with Gasteiger partial charge in [-0.1, -0.05) is 55.6 Å². The minimum atomic E-state index is -0.478. The summed E-state index contributed by atoms with van der Waals surface area (Å²) in [6.45, 7) is 2.26. The fourth-order valence-electron chi connectivity index (χ4n) is 5.30. The van der Waals surface area contributed by atoms with Gasteiger partial charge < -0.3 is 4.90 Å². The number of rotatable bonds is 7. The zero-order valence-electron chi connectivity index (χ0n) is 18.8. The van der Waals surface area contributed by atoms with Gasteiger partial charge in [0.2, 0.25) is 0 Å². The Morgan fingerprint density at radius 1 is 1.12 bits per heavy atom. The van der Waals surface area contributed by atoms with E-state index >= 15 is 0 Å². The number of Topliss-reactive ketones (excluding diaryl/α,β-unsaturated/α-hetero) is 2. The molecule has 0 saturated heterocycles. The van der Waals surface area contributed by atoms with Crippen molar-refractivity contribution in [2.24, 2.45) is 17.0 Å². The summed E-state index contributed by atoms with van der Waals surface area (Å²) in [4.78, 5) is 44.7. The number of hydrogen-bond acceptors (Lipinski definition) is 4. The van der Waals surface area contributed by atoms with Crippen LogP contribution in [0.4, 0.5) is 5.69 Å². The van der Waals surface area contributed by atoms with Gasteiger partial charge in [0.25, 0.3) is 5.91 Å². The van der Waals surface area contributed by atoms with Gasteiger partial charge in [-0.3, -0.25) is 14.4 Å². The lowest BCUT2D eigenvalue weighted by Gasteiger charge is -2.46. The molecule has 1 fully saturated rings. The number of nitrogens with zero attached hydrogens (tertiary/aromatic N) is 4. The lowest BCUT2D eigenvalue weighted by Crippen LogP contribution is -2.56. The molecule has 0 aromatic heterocycles. The predicted molar refractivity (Wildman–Crippen MR) is 126 cm³/mol. The van der Waals surface area contributed by atoms with Gasteiger partial charge in [-0.15, -0.1) is 0 Å². The molecule has 1 aliphatic heterocycles. The molecule has 2 aromatic rings. The standard InChI is InChI=1S/C26H28N4O3/c1-2-3-5-10-19-14-20(31)15-23-24(19)25(32)21-13-17(16-28-29-27)11-12-22(21)30(23)26(33)18-8-6-4-7-9-18/h4,6-9,11-13,19,23-24H,2-3,5,10,14-16H2,1H3/t19-,23+,24-/m0/s1. The molecule has 3 atom stereocenters. The first-order valence-corrected chi connectivity index (χ1v) is 11.6. The Morgan fingerprint density at radius 2 is 1.91 bits per heavy atom. The van der Waals surface area contributed by atoms with Crippen LogP contribution in [0, 0.1) is 11.8 Å². The Morgan fingerprint density at radius 3 is 2.64 bits per heavy atom. The summed E-state index contributed by atoms with van der Waals surface area (Å²) in [5, 5.41) is 3.62. The van der Waals surface area contributed by atoms with Crippen LogP contribution in [0.5, 0.6) is 0 Å². The summed E-state index contributed by atoms with van der Waals surface area (Å²) in [5.41, 5.74) is 10.9. The van der Waals surface area contributed by atoms with Crippen molar-refractivity contribution in [3.05, 3.63) is 75.7 Å². The van der Waals surface area contributed by atoms with Gasteiger partial charge in [-0.2, -0.15) is 0 Å².